The molecule has 1 unspecified atom stereocenters. The van der Waals surface area contributed by atoms with Crippen molar-refractivity contribution in [2.45, 2.75) is 39.2 Å². The number of rotatable bonds is 3. The van der Waals surface area contributed by atoms with Crippen LogP contribution in [0.25, 0.3) is 0 Å². The van der Waals surface area contributed by atoms with Crippen molar-refractivity contribution < 1.29 is 4.74 Å². The lowest BCUT2D eigenvalue weighted by atomic mass is 9.96. The Balaban J connectivity index is 2.25. The van der Waals surface area contributed by atoms with Crippen molar-refractivity contribution in [2.75, 3.05) is 13.7 Å². The Morgan fingerprint density at radius 2 is 2.19 bits per heavy atom. The van der Waals surface area contributed by atoms with Crippen LogP contribution in [0.4, 0.5) is 0 Å². The van der Waals surface area contributed by atoms with Gasteiger partial charge in [-0.1, -0.05) is 6.07 Å². The van der Waals surface area contributed by atoms with E-state index in [1.807, 2.05) is 0 Å². The molecule has 1 atom stereocenters. The first-order chi connectivity index (χ1) is 7.72. The SMILES string of the molecule is COc1ccc(C)c(C)c1CC1CCCN1. The van der Waals surface area contributed by atoms with Gasteiger partial charge in [0.1, 0.15) is 5.75 Å². The first-order valence-electron chi connectivity index (χ1n) is 6.09. The van der Waals surface area contributed by atoms with E-state index < -0.39 is 0 Å². The Labute approximate surface area is 98.0 Å². The van der Waals surface area contributed by atoms with E-state index in [0.717, 1.165) is 18.7 Å². The minimum Gasteiger partial charge on any atom is -0.496 e. The van der Waals surface area contributed by atoms with Gasteiger partial charge in [-0.3, -0.25) is 0 Å². The minimum atomic E-state index is 0.634. The first-order valence-corrected chi connectivity index (χ1v) is 6.09. The second-order valence-corrected chi connectivity index (χ2v) is 4.69. The Hall–Kier alpha value is -1.02. The van der Waals surface area contributed by atoms with Crippen molar-refractivity contribution in [1.29, 1.82) is 0 Å². The van der Waals surface area contributed by atoms with Crippen molar-refractivity contribution in [3.63, 3.8) is 0 Å². The lowest BCUT2D eigenvalue weighted by Gasteiger charge is -2.17. The molecule has 0 bridgehead atoms. The summed E-state index contributed by atoms with van der Waals surface area (Å²) in [7, 11) is 1.76. The topological polar surface area (TPSA) is 21.3 Å². The number of hydrogen-bond acceptors (Lipinski definition) is 2. The molecule has 0 amide bonds. The molecule has 1 saturated heterocycles. The number of methoxy groups -OCH3 is 1. The van der Waals surface area contributed by atoms with Crippen LogP contribution in [0.5, 0.6) is 5.75 Å². The quantitative estimate of drug-likeness (QED) is 0.843. The molecule has 1 fully saturated rings. The molecule has 1 heterocycles. The standard InChI is InChI=1S/C14H21NO/c1-10-6-7-14(16-3)13(11(10)2)9-12-5-4-8-15-12/h6-7,12,15H,4-5,8-9H2,1-3H3. The molecule has 2 heteroatoms. The summed E-state index contributed by atoms with van der Waals surface area (Å²) < 4.78 is 5.46. The zero-order valence-corrected chi connectivity index (χ0v) is 10.5. The van der Waals surface area contributed by atoms with Crippen LogP contribution in [0.15, 0.2) is 12.1 Å². The number of aryl methyl sites for hydroxylation is 1. The molecule has 0 spiro atoms. The molecule has 0 aliphatic carbocycles. The number of ether oxygens (including phenoxy) is 1. The maximum Gasteiger partial charge on any atom is 0.122 e. The third kappa shape index (κ3) is 2.22. The van der Waals surface area contributed by atoms with Crippen LogP contribution in [0.3, 0.4) is 0 Å². The monoisotopic (exact) mass is 219 g/mol. The molecular formula is C14H21NO. The van der Waals surface area contributed by atoms with Gasteiger partial charge in [0.2, 0.25) is 0 Å². The zero-order chi connectivity index (χ0) is 11.5. The summed E-state index contributed by atoms with van der Waals surface area (Å²) in [5.74, 6) is 1.04. The van der Waals surface area contributed by atoms with Gasteiger partial charge < -0.3 is 10.1 Å². The highest BCUT2D eigenvalue weighted by Gasteiger charge is 2.18. The van der Waals surface area contributed by atoms with Crippen molar-refractivity contribution in [3.8, 4) is 5.75 Å². The van der Waals surface area contributed by atoms with Crippen LogP contribution in [0.2, 0.25) is 0 Å². The fourth-order valence-electron chi connectivity index (χ4n) is 2.47. The predicted molar refractivity (Wildman–Crippen MR) is 67.2 cm³/mol. The summed E-state index contributed by atoms with van der Waals surface area (Å²) >= 11 is 0. The lowest BCUT2D eigenvalue weighted by Crippen LogP contribution is -2.24. The average molecular weight is 219 g/mol. The van der Waals surface area contributed by atoms with Gasteiger partial charge in [-0.05, 0) is 62.4 Å². The van der Waals surface area contributed by atoms with Crippen LogP contribution in [0, 0.1) is 13.8 Å². The van der Waals surface area contributed by atoms with E-state index in [1.165, 1.54) is 29.5 Å². The predicted octanol–water partition coefficient (Wildman–Crippen LogP) is 2.61. The maximum atomic E-state index is 5.46. The molecule has 2 rings (SSSR count). The summed E-state index contributed by atoms with van der Waals surface area (Å²) in [5.41, 5.74) is 4.11. The number of nitrogens with one attached hydrogen (secondary N) is 1. The van der Waals surface area contributed by atoms with Gasteiger partial charge in [0.15, 0.2) is 0 Å². The highest BCUT2D eigenvalue weighted by atomic mass is 16.5. The summed E-state index contributed by atoms with van der Waals surface area (Å²) in [6, 6.07) is 4.86. The third-order valence-corrected chi connectivity index (χ3v) is 3.66. The van der Waals surface area contributed by atoms with Crippen LogP contribution < -0.4 is 10.1 Å². The fraction of sp³-hybridized carbons (Fsp3) is 0.571. The molecule has 1 aliphatic heterocycles. The van der Waals surface area contributed by atoms with Gasteiger partial charge >= 0.3 is 0 Å². The number of hydrogen-bond donors (Lipinski definition) is 1. The highest BCUT2D eigenvalue weighted by molar-refractivity contribution is 5.44. The van der Waals surface area contributed by atoms with Gasteiger partial charge in [0.05, 0.1) is 7.11 Å². The number of benzene rings is 1. The summed E-state index contributed by atoms with van der Waals surface area (Å²) in [5, 5.41) is 3.55. The van der Waals surface area contributed by atoms with E-state index in [1.54, 1.807) is 7.11 Å². The van der Waals surface area contributed by atoms with Crippen molar-refractivity contribution in [3.05, 3.63) is 28.8 Å². The van der Waals surface area contributed by atoms with Crippen LogP contribution in [0.1, 0.15) is 29.5 Å². The summed E-state index contributed by atoms with van der Waals surface area (Å²) in [6.45, 7) is 5.53. The van der Waals surface area contributed by atoms with E-state index in [9.17, 15) is 0 Å². The van der Waals surface area contributed by atoms with Crippen molar-refractivity contribution in [1.82, 2.24) is 5.32 Å². The molecule has 2 nitrogen and oxygen atoms in total. The van der Waals surface area contributed by atoms with Gasteiger partial charge in [-0.2, -0.15) is 0 Å². The minimum absolute atomic E-state index is 0.634. The van der Waals surface area contributed by atoms with Crippen LogP contribution >= 0.6 is 0 Å². The normalized spacial score (nSPS) is 20.1. The van der Waals surface area contributed by atoms with E-state index >= 15 is 0 Å². The second-order valence-electron chi connectivity index (χ2n) is 4.69. The Bertz CT molecular complexity index is 367. The molecule has 88 valence electrons. The maximum absolute atomic E-state index is 5.46. The average Bonchev–Trinajstić information content (AvgIpc) is 2.78. The van der Waals surface area contributed by atoms with Gasteiger partial charge in [0, 0.05) is 6.04 Å². The summed E-state index contributed by atoms with van der Waals surface area (Å²) in [4.78, 5) is 0. The largest absolute Gasteiger partial charge is 0.496 e. The van der Waals surface area contributed by atoms with E-state index in [-0.39, 0.29) is 0 Å². The third-order valence-electron chi connectivity index (χ3n) is 3.66. The molecule has 16 heavy (non-hydrogen) atoms. The Kier molecular flexibility index (Phi) is 3.49. The summed E-state index contributed by atoms with van der Waals surface area (Å²) in [6.07, 6.45) is 3.69. The van der Waals surface area contributed by atoms with Gasteiger partial charge in [-0.15, -0.1) is 0 Å². The van der Waals surface area contributed by atoms with Crippen molar-refractivity contribution in [2.24, 2.45) is 0 Å². The van der Waals surface area contributed by atoms with Gasteiger partial charge in [0.25, 0.3) is 0 Å². The Morgan fingerprint density at radius 1 is 1.38 bits per heavy atom. The van der Waals surface area contributed by atoms with E-state index in [4.69, 9.17) is 4.74 Å². The van der Waals surface area contributed by atoms with Gasteiger partial charge in [-0.25, -0.2) is 0 Å². The van der Waals surface area contributed by atoms with Crippen LogP contribution in [-0.4, -0.2) is 19.7 Å². The molecule has 1 aromatic rings. The molecule has 1 N–H and O–H groups in total. The van der Waals surface area contributed by atoms with Crippen molar-refractivity contribution >= 4 is 0 Å². The van der Waals surface area contributed by atoms with E-state index in [2.05, 4.69) is 31.3 Å². The molecule has 0 saturated carbocycles. The molecule has 0 radical (unpaired) electrons. The Morgan fingerprint density at radius 3 is 2.81 bits per heavy atom. The molecule has 0 aromatic heterocycles. The lowest BCUT2D eigenvalue weighted by molar-refractivity contribution is 0.406. The van der Waals surface area contributed by atoms with Crippen LogP contribution in [-0.2, 0) is 6.42 Å². The smallest absolute Gasteiger partial charge is 0.122 e. The van der Waals surface area contributed by atoms with E-state index in [0.29, 0.717) is 6.04 Å². The molecule has 1 aliphatic rings. The zero-order valence-electron chi connectivity index (χ0n) is 10.5. The molecule has 1 aromatic carbocycles. The highest BCUT2D eigenvalue weighted by Crippen LogP contribution is 2.27. The first kappa shape index (κ1) is 11.5. The fourth-order valence-corrected chi connectivity index (χ4v) is 2.47. The second kappa shape index (κ2) is 4.88. The molecular weight excluding hydrogens is 198 g/mol.